The zero-order valence-corrected chi connectivity index (χ0v) is 10.7. The van der Waals surface area contributed by atoms with Crippen LogP contribution < -0.4 is 5.32 Å². The molecular formula is C12H16FN5. The predicted molar refractivity (Wildman–Crippen MR) is 65.4 cm³/mol. The summed E-state index contributed by atoms with van der Waals surface area (Å²) in [6.45, 7) is 1.87. The molecule has 2 aromatic rings. The molecule has 0 fully saturated rings. The molecule has 1 atom stereocenters. The van der Waals surface area contributed by atoms with E-state index in [9.17, 15) is 4.39 Å². The third-order valence-corrected chi connectivity index (χ3v) is 2.82. The van der Waals surface area contributed by atoms with Crippen molar-refractivity contribution < 1.29 is 4.39 Å². The molecule has 0 aliphatic heterocycles. The lowest BCUT2D eigenvalue weighted by Crippen LogP contribution is -2.20. The molecule has 96 valence electrons. The van der Waals surface area contributed by atoms with Gasteiger partial charge in [0, 0.05) is 18.0 Å². The van der Waals surface area contributed by atoms with Crippen molar-refractivity contribution >= 4 is 0 Å². The van der Waals surface area contributed by atoms with Crippen LogP contribution >= 0.6 is 0 Å². The molecule has 1 N–H and O–H groups in total. The molecule has 6 heteroatoms. The van der Waals surface area contributed by atoms with E-state index in [0.717, 1.165) is 5.56 Å². The Balaban J connectivity index is 2.22. The van der Waals surface area contributed by atoms with Crippen molar-refractivity contribution in [1.29, 1.82) is 0 Å². The molecule has 0 aliphatic carbocycles. The monoisotopic (exact) mass is 249 g/mol. The van der Waals surface area contributed by atoms with E-state index in [1.807, 2.05) is 13.0 Å². The van der Waals surface area contributed by atoms with Gasteiger partial charge in [-0.3, -0.25) is 0 Å². The minimum Gasteiger partial charge on any atom is -0.313 e. The molecule has 18 heavy (non-hydrogen) atoms. The number of hydrogen-bond donors (Lipinski definition) is 1. The van der Waals surface area contributed by atoms with Crippen molar-refractivity contribution in [2.45, 2.75) is 19.4 Å². The lowest BCUT2D eigenvalue weighted by Gasteiger charge is -2.15. The third kappa shape index (κ3) is 2.70. The van der Waals surface area contributed by atoms with Crippen LogP contribution in [-0.2, 0) is 13.5 Å². The van der Waals surface area contributed by atoms with Crippen LogP contribution in [0.4, 0.5) is 4.39 Å². The van der Waals surface area contributed by atoms with E-state index in [0.29, 0.717) is 17.8 Å². The van der Waals surface area contributed by atoms with Crippen LogP contribution in [0.3, 0.4) is 0 Å². The van der Waals surface area contributed by atoms with Crippen molar-refractivity contribution in [3.63, 3.8) is 0 Å². The number of nitrogens with one attached hydrogen (secondary N) is 1. The zero-order valence-electron chi connectivity index (χ0n) is 10.7. The standard InChI is InChI=1S/C12H16FN5/c1-8-4-5-9(10(13)6-8)11(14-2)7-12-15-17-18(3)16-12/h4-6,11,14H,7H2,1-3H3. The zero-order chi connectivity index (χ0) is 13.1. The van der Waals surface area contributed by atoms with Crippen LogP contribution in [-0.4, -0.2) is 27.3 Å². The molecule has 1 unspecified atom stereocenters. The van der Waals surface area contributed by atoms with E-state index in [1.54, 1.807) is 20.2 Å². The maximum atomic E-state index is 13.9. The van der Waals surface area contributed by atoms with Gasteiger partial charge in [-0.05, 0) is 30.8 Å². The third-order valence-electron chi connectivity index (χ3n) is 2.82. The highest BCUT2D eigenvalue weighted by Gasteiger charge is 2.17. The molecule has 1 aromatic carbocycles. The number of halogens is 1. The quantitative estimate of drug-likeness (QED) is 0.883. The number of tetrazole rings is 1. The molecule has 0 bridgehead atoms. The second-order valence-electron chi connectivity index (χ2n) is 4.27. The topological polar surface area (TPSA) is 55.6 Å². The smallest absolute Gasteiger partial charge is 0.176 e. The van der Waals surface area contributed by atoms with Gasteiger partial charge in [0.2, 0.25) is 0 Å². The Kier molecular flexibility index (Phi) is 3.66. The first kappa shape index (κ1) is 12.6. The van der Waals surface area contributed by atoms with Gasteiger partial charge in [-0.1, -0.05) is 12.1 Å². The van der Waals surface area contributed by atoms with Crippen LogP contribution in [0, 0.1) is 12.7 Å². The number of rotatable bonds is 4. The lowest BCUT2D eigenvalue weighted by molar-refractivity contribution is 0.523. The van der Waals surface area contributed by atoms with Gasteiger partial charge in [-0.15, -0.1) is 10.2 Å². The molecule has 1 aromatic heterocycles. The summed E-state index contributed by atoms with van der Waals surface area (Å²) >= 11 is 0. The summed E-state index contributed by atoms with van der Waals surface area (Å²) in [5, 5.41) is 14.9. The fraction of sp³-hybridized carbons (Fsp3) is 0.417. The summed E-state index contributed by atoms with van der Waals surface area (Å²) in [5.74, 6) is 0.384. The highest BCUT2D eigenvalue weighted by atomic mass is 19.1. The number of benzene rings is 1. The van der Waals surface area contributed by atoms with Crippen molar-refractivity contribution in [3.8, 4) is 0 Å². The summed E-state index contributed by atoms with van der Waals surface area (Å²) in [4.78, 5) is 1.40. The molecule has 0 saturated carbocycles. The first-order valence-electron chi connectivity index (χ1n) is 5.76. The number of hydrogen-bond acceptors (Lipinski definition) is 4. The molecule has 0 radical (unpaired) electrons. The molecular weight excluding hydrogens is 233 g/mol. The normalized spacial score (nSPS) is 12.7. The molecule has 5 nitrogen and oxygen atoms in total. The summed E-state index contributed by atoms with van der Waals surface area (Å²) in [6, 6.07) is 5.06. The largest absolute Gasteiger partial charge is 0.313 e. The minimum absolute atomic E-state index is 0.158. The van der Waals surface area contributed by atoms with E-state index < -0.39 is 0 Å². The minimum atomic E-state index is -0.210. The Labute approximate surface area is 105 Å². The highest BCUT2D eigenvalue weighted by Crippen LogP contribution is 2.20. The number of aryl methyl sites for hydroxylation is 2. The fourth-order valence-electron chi connectivity index (χ4n) is 1.87. The Morgan fingerprint density at radius 3 is 2.78 bits per heavy atom. The Bertz CT molecular complexity index is 537. The molecule has 1 heterocycles. The van der Waals surface area contributed by atoms with Gasteiger partial charge in [-0.2, -0.15) is 4.80 Å². The van der Waals surface area contributed by atoms with E-state index >= 15 is 0 Å². The highest BCUT2D eigenvalue weighted by molar-refractivity contribution is 5.26. The Morgan fingerprint density at radius 2 is 2.22 bits per heavy atom. The lowest BCUT2D eigenvalue weighted by atomic mass is 10.0. The number of likely N-dealkylation sites (N-methyl/N-ethyl adjacent to an activating group) is 1. The first-order valence-corrected chi connectivity index (χ1v) is 5.76. The van der Waals surface area contributed by atoms with Gasteiger partial charge in [0.1, 0.15) is 5.82 Å². The fourth-order valence-corrected chi connectivity index (χ4v) is 1.87. The molecule has 0 aliphatic rings. The van der Waals surface area contributed by atoms with Crippen LogP contribution in [0.2, 0.25) is 0 Å². The van der Waals surface area contributed by atoms with Crippen LogP contribution in [0.1, 0.15) is 23.0 Å². The maximum absolute atomic E-state index is 13.9. The number of aromatic nitrogens is 4. The van der Waals surface area contributed by atoms with Crippen molar-refractivity contribution in [3.05, 3.63) is 41.0 Å². The van der Waals surface area contributed by atoms with Gasteiger partial charge < -0.3 is 5.32 Å². The van der Waals surface area contributed by atoms with Gasteiger partial charge in [0.05, 0.1) is 7.05 Å². The predicted octanol–water partition coefficient (Wildman–Crippen LogP) is 1.16. The average molecular weight is 249 g/mol. The molecule has 0 amide bonds. The van der Waals surface area contributed by atoms with Crippen molar-refractivity contribution in [1.82, 2.24) is 25.5 Å². The van der Waals surface area contributed by atoms with Crippen LogP contribution in [0.25, 0.3) is 0 Å². The Hall–Kier alpha value is -1.82. The first-order chi connectivity index (χ1) is 8.60. The van der Waals surface area contributed by atoms with Gasteiger partial charge >= 0.3 is 0 Å². The molecule has 0 spiro atoms. The maximum Gasteiger partial charge on any atom is 0.176 e. The summed E-state index contributed by atoms with van der Waals surface area (Å²) < 4.78 is 13.9. The summed E-state index contributed by atoms with van der Waals surface area (Å²) in [6.07, 6.45) is 0.504. The van der Waals surface area contributed by atoms with E-state index in [2.05, 4.69) is 20.7 Å². The van der Waals surface area contributed by atoms with E-state index in [1.165, 1.54) is 10.9 Å². The summed E-state index contributed by atoms with van der Waals surface area (Å²) in [5.41, 5.74) is 1.53. The second kappa shape index (κ2) is 5.22. The Morgan fingerprint density at radius 1 is 1.44 bits per heavy atom. The summed E-state index contributed by atoms with van der Waals surface area (Å²) in [7, 11) is 3.50. The molecule has 0 saturated heterocycles. The van der Waals surface area contributed by atoms with Crippen LogP contribution in [0.5, 0.6) is 0 Å². The van der Waals surface area contributed by atoms with E-state index in [-0.39, 0.29) is 11.9 Å². The molecule has 2 rings (SSSR count). The average Bonchev–Trinajstić information content (AvgIpc) is 2.72. The van der Waals surface area contributed by atoms with Crippen molar-refractivity contribution in [2.75, 3.05) is 7.05 Å². The van der Waals surface area contributed by atoms with Crippen molar-refractivity contribution in [2.24, 2.45) is 7.05 Å². The van der Waals surface area contributed by atoms with Gasteiger partial charge in [-0.25, -0.2) is 4.39 Å². The SMILES string of the molecule is CNC(Cc1nnn(C)n1)c1ccc(C)cc1F. The second-order valence-corrected chi connectivity index (χ2v) is 4.27. The van der Waals surface area contributed by atoms with Crippen LogP contribution in [0.15, 0.2) is 18.2 Å². The van der Waals surface area contributed by atoms with Gasteiger partial charge in [0.15, 0.2) is 5.82 Å². The number of nitrogens with zero attached hydrogens (tertiary/aromatic N) is 4. The van der Waals surface area contributed by atoms with Gasteiger partial charge in [0.25, 0.3) is 0 Å². The van der Waals surface area contributed by atoms with E-state index in [4.69, 9.17) is 0 Å².